The predicted molar refractivity (Wildman–Crippen MR) is 113 cm³/mol. The molecule has 9 nitrogen and oxygen atoms in total. The molecule has 162 valence electrons. The molecule has 4 rings (SSSR count). The van der Waals surface area contributed by atoms with Crippen molar-refractivity contribution in [3.05, 3.63) is 82.2 Å². The van der Waals surface area contributed by atoms with Crippen molar-refractivity contribution in [1.82, 2.24) is 8.87 Å². The third kappa shape index (κ3) is 3.64. The number of fused-ring (bicyclic) bond motifs is 1. The van der Waals surface area contributed by atoms with Crippen LogP contribution in [0.4, 0.5) is 5.69 Å². The Bertz CT molecular complexity index is 1220. The molecule has 3 aromatic rings. The Morgan fingerprint density at radius 1 is 1.00 bits per heavy atom. The second kappa shape index (κ2) is 8.05. The monoisotopic (exact) mass is 443 g/mol. The molecule has 0 N–H and O–H groups in total. The van der Waals surface area contributed by atoms with Gasteiger partial charge in [0.25, 0.3) is 5.69 Å². The number of hydrogen-bond donors (Lipinski definition) is 0. The number of nitro groups is 1. The van der Waals surface area contributed by atoms with Crippen LogP contribution in [0.1, 0.15) is 17.3 Å². The minimum atomic E-state index is -3.93. The highest BCUT2D eigenvalue weighted by molar-refractivity contribution is 7.89. The third-order valence-electron chi connectivity index (χ3n) is 5.37. The van der Waals surface area contributed by atoms with Gasteiger partial charge in [-0.3, -0.25) is 10.1 Å². The number of sulfonamides is 1. The molecule has 0 saturated carbocycles. The van der Waals surface area contributed by atoms with Gasteiger partial charge in [-0.2, -0.15) is 4.31 Å². The molecule has 0 aliphatic carbocycles. The van der Waals surface area contributed by atoms with Crippen molar-refractivity contribution >= 4 is 15.7 Å². The SMILES string of the molecule is COc1ccc([C@@H]2c3cccn3CCN2S(=O)(=O)c2ccc([N+](=O)[O-])cc2)cc1OC. The zero-order valence-corrected chi connectivity index (χ0v) is 17.8. The molecule has 10 heteroatoms. The van der Waals surface area contributed by atoms with Gasteiger partial charge in [-0.1, -0.05) is 6.07 Å². The number of hydrogen-bond acceptors (Lipinski definition) is 6. The van der Waals surface area contributed by atoms with Gasteiger partial charge in [-0.05, 0) is 42.0 Å². The molecule has 0 amide bonds. The van der Waals surface area contributed by atoms with E-state index in [9.17, 15) is 18.5 Å². The summed E-state index contributed by atoms with van der Waals surface area (Å²) in [7, 11) is -0.872. The summed E-state index contributed by atoms with van der Waals surface area (Å²) in [4.78, 5) is 10.4. The molecule has 1 atom stereocenters. The fourth-order valence-corrected chi connectivity index (χ4v) is 5.44. The molecule has 0 spiro atoms. The summed E-state index contributed by atoms with van der Waals surface area (Å²) in [6.07, 6.45) is 1.92. The molecule has 31 heavy (non-hydrogen) atoms. The summed E-state index contributed by atoms with van der Waals surface area (Å²) < 4.78 is 41.3. The molecule has 1 aliphatic heterocycles. The summed E-state index contributed by atoms with van der Waals surface area (Å²) in [5.41, 5.74) is 1.38. The topological polar surface area (TPSA) is 104 Å². The van der Waals surface area contributed by atoms with Crippen LogP contribution in [0.5, 0.6) is 11.5 Å². The first-order chi connectivity index (χ1) is 14.9. The Labute approximate surface area is 179 Å². The second-order valence-corrected chi connectivity index (χ2v) is 8.90. The van der Waals surface area contributed by atoms with Gasteiger partial charge in [0, 0.05) is 37.1 Å². The van der Waals surface area contributed by atoms with E-state index in [1.54, 1.807) is 12.1 Å². The highest BCUT2D eigenvalue weighted by Crippen LogP contribution is 2.39. The number of aromatic nitrogens is 1. The predicted octanol–water partition coefficient (Wildman–Crippen LogP) is 3.21. The minimum Gasteiger partial charge on any atom is -0.493 e. The number of benzene rings is 2. The first kappa shape index (κ1) is 20.9. The maximum atomic E-state index is 13.6. The molecule has 0 unspecified atom stereocenters. The quantitative estimate of drug-likeness (QED) is 0.428. The Morgan fingerprint density at radius 2 is 1.71 bits per heavy atom. The van der Waals surface area contributed by atoms with E-state index >= 15 is 0 Å². The van der Waals surface area contributed by atoms with E-state index in [1.807, 2.05) is 29.0 Å². The van der Waals surface area contributed by atoms with Gasteiger partial charge in [-0.25, -0.2) is 8.42 Å². The molecule has 2 heterocycles. The van der Waals surface area contributed by atoms with E-state index < -0.39 is 21.0 Å². The number of methoxy groups -OCH3 is 2. The van der Waals surface area contributed by atoms with Gasteiger partial charge in [0.05, 0.1) is 30.1 Å². The summed E-state index contributed by atoms with van der Waals surface area (Å²) in [5, 5.41) is 10.9. The van der Waals surface area contributed by atoms with E-state index in [4.69, 9.17) is 9.47 Å². The first-order valence-corrected chi connectivity index (χ1v) is 10.9. The van der Waals surface area contributed by atoms with Gasteiger partial charge < -0.3 is 14.0 Å². The number of ether oxygens (including phenoxy) is 2. The maximum absolute atomic E-state index is 13.6. The van der Waals surface area contributed by atoms with Crippen LogP contribution in [0.15, 0.2) is 65.7 Å². The lowest BCUT2D eigenvalue weighted by Crippen LogP contribution is -2.42. The van der Waals surface area contributed by atoms with Crippen molar-refractivity contribution in [2.45, 2.75) is 17.5 Å². The number of nitro benzene ring substituents is 1. The standard InChI is InChI=1S/C21H21N3O6S/c1-29-19-10-5-15(14-20(19)30-2)21-18-4-3-11-22(18)12-13-23(21)31(27,28)17-8-6-16(7-9-17)24(25)26/h3-11,14,21H,12-13H2,1-2H3/t21-/m1/s1. The highest BCUT2D eigenvalue weighted by atomic mass is 32.2. The van der Waals surface area contributed by atoms with Crippen molar-refractivity contribution in [3.63, 3.8) is 0 Å². The average Bonchev–Trinajstić information content (AvgIpc) is 3.27. The van der Waals surface area contributed by atoms with E-state index in [2.05, 4.69) is 0 Å². The molecule has 0 radical (unpaired) electrons. The highest BCUT2D eigenvalue weighted by Gasteiger charge is 2.38. The first-order valence-electron chi connectivity index (χ1n) is 9.50. The molecular weight excluding hydrogens is 422 g/mol. The van der Waals surface area contributed by atoms with Crippen molar-refractivity contribution < 1.29 is 22.8 Å². The lowest BCUT2D eigenvalue weighted by molar-refractivity contribution is -0.384. The molecule has 2 aromatic carbocycles. The fraction of sp³-hybridized carbons (Fsp3) is 0.238. The van der Waals surface area contributed by atoms with Crippen LogP contribution in [0.25, 0.3) is 0 Å². The van der Waals surface area contributed by atoms with Crippen LogP contribution in [0.2, 0.25) is 0 Å². The van der Waals surface area contributed by atoms with Crippen LogP contribution < -0.4 is 9.47 Å². The fourth-order valence-electron chi connectivity index (χ4n) is 3.86. The summed E-state index contributed by atoms with van der Waals surface area (Å²) in [6.45, 7) is 0.748. The molecule has 0 bridgehead atoms. The van der Waals surface area contributed by atoms with E-state index in [1.165, 1.54) is 42.8 Å². The number of non-ortho nitro benzene ring substituents is 1. The Kier molecular flexibility index (Phi) is 5.42. The van der Waals surface area contributed by atoms with E-state index in [-0.39, 0.29) is 17.1 Å². The zero-order chi connectivity index (χ0) is 22.2. The van der Waals surface area contributed by atoms with Crippen LogP contribution in [-0.2, 0) is 16.6 Å². The largest absolute Gasteiger partial charge is 0.493 e. The summed E-state index contributed by atoms with van der Waals surface area (Å²) >= 11 is 0. The minimum absolute atomic E-state index is 0.00332. The Hall–Kier alpha value is -3.37. The molecule has 1 aromatic heterocycles. The molecule has 0 fully saturated rings. The van der Waals surface area contributed by atoms with Crippen LogP contribution in [-0.4, -0.2) is 43.0 Å². The van der Waals surface area contributed by atoms with Crippen LogP contribution in [0, 0.1) is 10.1 Å². The smallest absolute Gasteiger partial charge is 0.269 e. The van der Waals surface area contributed by atoms with Crippen molar-refractivity contribution in [2.24, 2.45) is 0 Å². The summed E-state index contributed by atoms with van der Waals surface area (Å²) in [5.74, 6) is 1.04. The van der Waals surface area contributed by atoms with E-state index in [0.29, 0.717) is 18.0 Å². The number of nitrogens with zero attached hydrogens (tertiary/aromatic N) is 3. The maximum Gasteiger partial charge on any atom is 0.269 e. The van der Waals surface area contributed by atoms with Gasteiger partial charge >= 0.3 is 0 Å². The Morgan fingerprint density at radius 3 is 2.35 bits per heavy atom. The van der Waals surface area contributed by atoms with Gasteiger partial charge in [0.2, 0.25) is 10.0 Å². The van der Waals surface area contributed by atoms with E-state index in [0.717, 1.165) is 11.3 Å². The van der Waals surface area contributed by atoms with Crippen molar-refractivity contribution in [3.8, 4) is 11.5 Å². The van der Waals surface area contributed by atoms with Gasteiger partial charge in [-0.15, -0.1) is 0 Å². The lowest BCUT2D eigenvalue weighted by Gasteiger charge is -2.36. The Balaban J connectivity index is 1.82. The van der Waals surface area contributed by atoms with Crippen LogP contribution >= 0.6 is 0 Å². The summed E-state index contributed by atoms with van der Waals surface area (Å²) in [6, 6.07) is 13.4. The van der Waals surface area contributed by atoms with Crippen LogP contribution in [0.3, 0.4) is 0 Å². The van der Waals surface area contributed by atoms with Gasteiger partial charge in [0.15, 0.2) is 11.5 Å². The normalized spacial score (nSPS) is 16.5. The number of rotatable bonds is 6. The average molecular weight is 443 g/mol. The molecule has 1 aliphatic rings. The third-order valence-corrected chi connectivity index (χ3v) is 7.25. The van der Waals surface area contributed by atoms with Gasteiger partial charge in [0.1, 0.15) is 0 Å². The van der Waals surface area contributed by atoms with Crippen molar-refractivity contribution in [2.75, 3.05) is 20.8 Å². The molecule has 0 saturated heterocycles. The molecular formula is C21H21N3O6S. The lowest BCUT2D eigenvalue weighted by atomic mass is 10.0. The zero-order valence-electron chi connectivity index (χ0n) is 17.0. The van der Waals surface area contributed by atoms with Crippen molar-refractivity contribution in [1.29, 1.82) is 0 Å². The second-order valence-electron chi connectivity index (χ2n) is 7.01.